The summed E-state index contributed by atoms with van der Waals surface area (Å²) >= 11 is 0. The number of nitrogens with two attached hydrogens (primary N) is 1. The first kappa shape index (κ1) is 23.2. The Labute approximate surface area is 163 Å². The van der Waals surface area contributed by atoms with Crippen LogP contribution in [0.3, 0.4) is 0 Å². The second-order valence-electron chi connectivity index (χ2n) is 7.76. The van der Waals surface area contributed by atoms with Crippen molar-refractivity contribution < 1.29 is 0 Å². The normalized spacial score (nSPS) is 14.5. The molecule has 0 aromatic rings. The second kappa shape index (κ2) is 17.6. The van der Waals surface area contributed by atoms with E-state index in [2.05, 4.69) is 29.0 Å². The van der Waals surface area contributed by atoms with Crippen molar-refractivity contribution in [2.45, 2.75) is 103 Å². The van der Waals surface area contributed by atoms with Gasteiger partial charge in [-0.25, -0.2) is 0 Å². The van der Waals surface area contributed by atoms with Crippen molar-refractivity contribution in [1.82, 2.24) is 4.90 Å². The number of amidine groups is 1. The van der Waals surface area contributed by atoms with Crippen LogP contribution in [0.4, 0.5) is 0 Å². The first-order chi connectivity index (χ1) is 12.9. The van der Waals surface area contributed by atoms with Crippen LogP contribution in [0.15, 0.2) is 17.1 Å². The van der Waals surface area contributed by atoms with Crippen molar-refractivity contribution in [3.05, 3.63) is 12.2 Å². The fourth-order valence-corrected chi connectivity index (χ4v) is 3.69. The summed E-state index contributed by atoms with van der Waals surface area (Å²) in [6, 6.07) is 0. The molecule has 0 saturated carbocycles. The predicted molar refractivity (Wildman–Crippen MR) is 117 cm³/mol. The Bertz CT molecular complexity index is 362. The third kappa shape index (κ3) is 12.5. The second-order valence-corrected chi connectivity index (χ2v) is 7.76. The van der Waals surface area contributed by atoms with Crippen molar-refractivity contribution in [1.29, 1.82) is 0 Å². The van der Waals surface area contributed by atoms with Crippen molar-refractivity contribution >= 4 is 5.84 Å². The maximum absolute atomic E-state index is 5.66. The minimum absolute atomic E-state index is 0.743. The number of hydrogen-bond donors (Lipinski definition) is 1. The lowest BCUT2D eigenvalue weighted by Gasteiger charge is -2.19. The zero-order valence-corrected chi connectivity index (χ0v) is 17.6. The van der Waals surface area contributed by atoms with Crippen LogP contribution in [0.1, 0.15) is 103 Å². The third-order valence-corrected chi connectivity index (χ3v) is 5.34. The molecule has 1 aliphatic heterocycles. The summed E-state index contributed by atoms with van der Waals surface area (Å²) < 4.78 is 0. The first-order valence-corrected chi connectivity index (χ1v) is 11.5. The highest BCUT2D eigenvalue weighted by atomic mass is 15.2. The zero-order chi connectivity index (χ0) is 18.7. The standard InChI is InChI=1S/C23H45N3/c1-2-3-4-5-6-7-8-9-10-11-12-13-14-15-16-17-18-23-25-20-22-26(23)21-19-24/h8-9H,2-7,10-22,24H2,1H3/b9-8+. The molecule has 0 amide bonds. The summed E-state index contributed by atoms with van der Waals surface area (Å²) in [5.74, 6) is 1.31. The van der Waals surface area contributed by atoms with Gasteiger partial charge in [-0.05, 0) is 32.1 Å². The molecular weight excluding hydrogens is 318 g/mol. The van der Waals surface area contributed by atoms with Crippen molar-refractivity contribution in [3.63, 3.8) is 0 Å². The van der Waals surface area contributed by atoms with Gasteiger partial charge in [0.1, 0.15) is 0 Å². The topological polar surface area (TPSA) is 41.6 Å². The Morgan fingerprint density at radius 1 is 0.846 bits per heavy atom. The van der Waals surface area contributed by atoms with Gasteiger partial charge in [0, 0.05) is 26.1 Å². The summed E-state index contributed by atoms with van der Waals surface area (Å²) in [6.45, 7) is 6.06. The van der Waals surface area contributed by atoms with E-state index < -0.39 is 0 Å². The van der Waals surface area contributed by atoms with Crippen LogP contribution >= 0.6 is 0 Å². The highest BCUT2D eigenvalue weighted by Gasteiger charge is 2.14. The van der Waals surface area contributed by atoms with Crippen LogP contribution < -0.4 is 5.73 Å². The SMILES string of the molecule is CCCCCCC/C=C/CCCCCCCCCC1=NCCN1CCN. The number of hydrogen-bond acceptors (Lipinski definition) is 3. The van der Waals surface area contributed by atoms with E-state index in [-0.39, 0.29) is 0 Å². The van der Waals surface area contributed by atoms with Gasteiger partial charge in [0.2, 0.25) is 0 Å². The van der Waals surface area contributed by atoms with E-state index in [9.17, 15) is 0 Å². The highest BCUT2D eigenvalue weighted by molar-refractivity contribution is 5.83. The molecular formula is C23H45N3. The van der Waals surface area contributed by atoms with Gasteiger partial charge in [0.25, 0.3) is 0 Å². The molecule has 0 radical (unpaired) electrons. The van der Waals surface area contributed by atoms with E-state index in [0.717, 1.165) is 32.6 Å². The summed E-state index contributed by atoms with van der Waals surface area (Å²) in [4.78, 5) is 7.00. The molecule has 26 heavy (non-hydrogen) atoms. The molecule has 0 saturated heterocycles. The molecule has 2 N–H and O–H groups in total. The van der Waals surface area contributed by atoms with Crippen molar-refractivity contribution in [3.8, 4) is 0 Å². The van der Waals surface area contributed by atoms with E-state index in [1.54, 1.807) is 0 Å². The van der Waals surface area contributed by atoms with E-state index >= 15 is 0 Å². The first-order valence-electron chi connectivity index (χ1n) is 11.5. The predicted octanol–water partition coefficient (Wildman–Crippen LogP) is 6.09. The molecule has 0 aromatic heterocycles. The molecule has 0 fully saturated rings. The van der Waals surface area contributed by atoms with E-state index in [1.165, 1.54) is 95.7 Å². The molecule has 1 aliphatic rings. The highest BCUT2D eigenvalue weighted by Crippen LogP contribution is 2.13. The fraction of sp³-hybridized carbons (Fsp3) is 0.870. The lowest BCUT2D eigenvalue weighted by molar-refractivity contribution is 0.456. The van der Waals surface area contributed by atoms with Gasteiger partial charge < -0.3 is 10.6 Å². The van der Waals surface area contributed by atoms with Gasteiger partial charge in [-0.1, -0.05) is 76.9 Å². The average molecular weight is 364 g/mol. The van der Waals surface area contributed by atoms with Crippen LogP contribution in [-0.2, 0) is 0 Å². The maximum Gasteiger partial charge on any atom is 0.0990 e. The summed E-state index contributed by atoms with van der Waals surface area (Å²) in [5, 5.41) is 0. The number of nitrogens with zero attached hydrogens (tertiary/aromatic N) is 2. The number of rotatable bonds is 18. The fourth-order valence-electron chi connectivity index (χ4n) is 3.69. The average Bonchev–Trinajstić information content (AvgIpc) is 3.09. The van der Waals surface area contributed by atoms with Crippen LogP contribution in [0, 0.1) is 0 Å². The monoisotopic (exact) mass is 363 g/mol. The third-order valence-electron chi connectivity index (χ3n) is 5.34. The number of aliphatic imine (C=N–C) groups is 1. The van der Waals surface area contributed by atoms with Crippen LogP contribution in [0.25, 0.3) is 0 Å². The van der Waals surface area contributed by atoms with E-state index in [1.807, 2.05) is 0 Å². The summed E-state index contributed by atoms with van der Waals surface area (Å²) in [5.41, 5.74) is 5.66. The molecule has 0 aliphatic carbocycles. The molecule has 3 heteroatoms. The Kier molecular flexibility index (Phi) is 15.7. The number of allylic oxidation sites excluding steroid dienone is 2. The minimum atomic E-state index is 0.743. The molecule has 0 aromatic carbocycles. The Balaban J connectivity index is 1.79. The van der Waals surface area contributed by atoms with E-state index in [4.69, 9.17) is 5.73 Å². The van der Waals surface area contributed by atoms with Gasteiger partial charge in [0.15, 0.2) is 0 Å². The van der Waals surface area contributed by atoms with Gasteiger partial charge >= 0.3 is 0 Å². The lowest BCUT2D eigenvalue weighted by Crippen LogP contribution is -2.32. The van der Waals surface area contributed by atoms with Crippen LogP contribution in [0.5, 0.6) is 0 Å². The van der Waals surface area contributed by atoms with Gasteiger partial charge in [-0.2, -0.15) is 0 Å². The van der Waals surface area contributed by atoms with Gasteiger partial charge in [-0.15, -0.1) is 0 Å². The molecule has 3 nitrogen and oxygen atoms in total. The Morgan fingerprint density at radius 2 is 1.42 bits per heavy atom. The molecule has 1 heterocycles. The van der Waals surface area contributed by atoms with Crippen molar-refractivity contribution in [2.75, 3.05) is 26.2 Å². The Hall–Kier alpha value is -0.830. The lowest BCUT2D eigenvalue weighted by atomic mass is 10.1. The largest absolute Gasteiger partial charge is 0.357 e. The zero-order valence-electron chi connectivity index (χ0n) is 17.6. The Morgan fingerprint density at radius 3 is 2.04 bits per heavy atom. The van der Waals surface area contributed by atoms with Crippen LogP contribution in [-0.4, -0.2) is 36.9 Å². The molecule has 0 unspecified atom stereocenters. The quantitative estimate of drug-likeness (QED) is 0.236. The molecule has 1 rings (SSSR count). The summed E-state index contributed by atoms with van der Waals surface area (Å²) in [7, 11) is 0. The van der Waals surface area contributed by atoms with Gasteiger partial charge in [-0.3, -0.25) is 4.99 Å². The van der Waals surface area contributed by atoms with Gasteiger partial charge in [0.05, 0.1) is 12.4 Å². The molecule has 0 bridgehead atoms. The molecule has 0 atom stereocenters. The smallest absolute Gasteiger partial charge is 0.0990 e. The maximum atomic E-state index is 5.66. The number of unbranched alkanes of at least 4 members (excludes halogenated alkanes) is 12. The summed E-state index contributed by atoms with van der Waals surface area (Å²) in [6.07, 6.45) is 25.1. The van der Waals surface area contributed by atoms with Crippen LogP contribution in [0.2, 0.25) is 0 Å². The van der Waals surface area contributed by atoms with E-state index in [0.29, 0.717) is 0 Å². The van der Waals surface area contributed by atoms with Crippen molar-refractivity contribution in [2.24, 2.45) is 10.7 Å². The minimum Gasteiger partial charge on any atom is -0.357 e. The molecule has 0 spiro atoms. The molecule has 152 valence electrons.